The Balaban J connectivity index is 1.75. The molecular formula is C25H25ClFN5O2. The molecule has 0 bridgehead atoms. The number of benzene rings is 2. The number of nitrogens with one attached hydrogen (secondary N) is 2. The van der Waals surface area contributed by atoms with Gasteiger partial charge in [0.1, 0.15) is 17.5 Å². The van der Waals surface area contributed by atoms with E-state index in [0.717, 1.165) is 11.1 Å². The molecular weight excluding hydrogens is 457 g/mol. The van der Waals surface area contributed by atoms with Gasteiger partial charge in [0, 0.05) is 17.8 Å². The molecule has 176 valence electrons. The first-order valence-electron chi connectivity index (χ1n) is 10.6. The van der Waals surface area contributed by atoms with E-state index < -0.39 is 17.5 Å². The SMILES string of the molecule is CC(CNC(=O)OC(C)(C)C)c1ccc(-c2nc(Nc3ccc(F)c(Cl)c3)ncc2C#N)cc1. The lowest BCUT2D eigenvalue weighted by Gasteiger charge is -2.21. The number of nitrogens with zero attached hydrogens (tertiary/aromatic N) is 3. The first kappa shape index (κ1) is 24.9. The molecule has 1 unspecified atom stereocenters. The summed E-state index contributed by atoms with van der Waals surface area (Å²) in [6.07, 6.45) is 0.968. The molecule has 7 nitrogen and oxygen atoms in total. The summed E-state index contributed by atoms with van der Waals surface area (Å²) in [5, 5.41) is 15.2. The van der Waals surface area contributed by atoms with Crippen LogP contribution in [-0.4, -0.2) is 28.2 Å². The lowest BCUT2D eigenvalue weighted by molar-refractivity contribution is 0.0525. The molecule has 34 heavy (non-hydrogen) atoms. The van der Waals surface area contributed by atoms with Crippen molar-refractivity contribution in [2.45, 2.75) is 39.2 Å². The molecule has 0 aliphatic rings. The van der Waals surface area contributed by atoms with Crippen LogP contribution in [0.5, 0.6) is 0 Å². The summed E-state index contributed by atoms with van der Waals surface area (Å²) in [5.41, 5.74) is 2.47. The molecule has 0 saturated heterocycles. The molecule has 0 fully saturated rings. The number of carbonyl (C=O) groups is 1. The molecule has 3 aromatic rings. The van der Waals surface area contributed by atoms with Crippen molar-refractivity contribution in [2.24, 2.45) is 0 Å². The van der Waals surface area contributed by atoms with E-state index in [1.807, 2.05) is 52.0 Å². The predicted molar refractivity (Wildman–Crippen MR) is 130 cm³/mol. The molecule has 0 radical (unpaired) electrons. The van der Waals surface area contributed by atoms with Crippen LogP contribution in [0.2, 0.25) is 5.02 Å². The van der Waals surface area contributed by atoms with Crippen LogP contribution in [0, 0.1) is 17.1 Å². The van der Waals surface area contributed by atoms with Gasteiger partial charge in [-0.1, -0.05) is 42.8 Å². The fourth-order valence-corrected chi connectivity index (χ4v) is 3.27. The van der Waals surface area contributed by atoms with Crippen molar-refractivity contribution in [3.05, 3.63) is 70.6 Å². The Morgan fingerprint density at radius 1 is 1.24 bits per heavy atom. The topological polar surface area (TPSA) is 99.9 Å². The third-order valence-corrected chi connectivity index (χ3v) is 5.08. The average molecular weight is 482 g/mol. The maximum Gasteiger partial charge on any atom is 0.407 e. The summed E-state index contributed by atoms with van der Waals surface area (Å²) in [7, 11) is 0. The highest BCUT2D eigenvalue weighted by atomic mass is 35.5. The number of aromatic nitrogens is 2. The highest BCUT2D eigenvalue weighted by molar-refractivity contribution is 6.31. The van der Waals surface area contributed by atoms with Crippen LogP contribution in [0.1, 0.15) is 44.7 Å². The minimum Gasteiger partial charge on any atom is -0.444 e. The van der Waals surface area contributed by atoms with Gasteiger partial charge in [-0.15, -0.1) is 0 Å². The molecule has 1 atom stereocenters. The van der Waals surface area contributed by atoms with Gasteiger partial charge in [-0.3, -0.25) is 0 Å². The third kappa shape index (κ3) is 6.65. The van der Waals surface area contributed by atoms with E-state index in [1.165, 1.54) is 24.4 Å². The van der Waals surface area contributed by atoms with Gasteiger partial charge in [-0.25, -0.2) is 19.2 Å². The van der Waals surface area contributed by atoms with E-state index in [-0.39, 0.29) is 16.9 Å². The number of nitriles is 1. The molecule has 0 aliphatic heterocycles. The predicted octanol–water partition coefficient (Wildman–Crippen LogP) is 6.18. The van der Waals surface area contributed by atoms with Crippen LogP contribution in [-0.2, 0) is 4.74 Å². The van der Waals surface area contributed by atoms with E-state index >= 15 is 0 Å². The highest BCUT2D eigenvalue weighted by Gasteiger charge is 2.17. The summed E-state index contributed by atoms with van der Waals surface area (Å²) in [6.45, 7) is 7.85. The van der Waals surface area contributed by atoms with Gasteiger partial charge in [0.25, 0.3) is 0 Å². The van der Waals surface area contributed by atoms with Crippen molar-refractivity contribution in [3.63, 3.8) is 0 Å². The van der Waals surface area contributed by atoms with Crippen molar-refractivity contribution in [1.82, 2.24) is 15.3 Å². The number of anilines is 2. The number of ether oxygens (including phenoxy) is 1. The number of hydrogen-bond acceptors (Lipinski definition) is 6. The van der Waals surface area contributed by atoms with E-state index in [0.29, 0.717) is 23.5 Å². The van der Waals surface area contributed by atoms with Crippen LogP contribution in [0.25, 0.3) is 11.3 Å². The molecule has 9 heteroatoms. The van der Waals surface area contributed by atoms with Crippen molar-refractivity contribution < 1.29 is 13.9 Å². The Hall–Kier alpha value is -3.70. The molecule has 0 spiro atoms. The van der Waals surface area contributed by atoms with Crippen LogP contribution in [0.4, 0.5) is 20.8 Å². The van der Waals surface area contributed by atoms with Gasteiger partial charge in [-0.05, 0) is 50.5 Å². The first-order valence-corrected chi connectivity index (χ1v) is 11.0. The zero-order valence-electron chi connectivity index (χ0n) is 19.3. The molecule has 0 saturated carbocycles. The van der Waals surface area contributed by atoms with Crippen molar-refractivity contribution in [1.29, 1.82) is 5.26 Å². The van der Waals surface area contributed by atoms with Crippen LogP contribution in [0.3, 0.4) is 0 Å². The van der Waals surface area contributed by atoms with Crippen molar-refractivity contribution >= 4 is 29.3 Å². The number of rotatable bonds is 6. The van der Waals surface area contributed by atoms with Crippen molar-refractivity contribution in [3.8, 4) is 17.3 Å². The molecule has 1 amide bonds. The normalized spacial score (nSPS) is 11.9. The Labute approximate surface area is 203 Å². The van der Waals surface area contributed by atoms with Gasteiger partial charge in [0.15, 0.2) is 0 Å². The fourth-order valence-electron chi connectivity index (χ4n) is 3.08. The smallest absolute Gasteiger partial charge is 0.407 e. The molecule has 0 aliphatic carbocycles. The maximum absolute atomic E-state index is 13.4. The summed E-state index contributed by atoms with van der Waals surface area (Å²) in [5.74, 6) is -0.234. The van der Waals surface area contributed by atoms with Gasteiger partial charge >= 0.3 is 6.09 Å². The van der Waals surface area contributed by atoms with E-state index in [4.69, 9.17) is 16.3 Å². The number of hydrogen-bond donors (Lipinski definition) is 2. The summed E-state index contributed by atoms with van der Waals surface area (Å²) in [4.78, 5) is 20.5. The molecule has 2 N–H and O–H groups in total. The van der Waals surface area contributed by atoms with E-state index in [9.17, 15) is 14.4 Å². The number of carbonyl (C=O) groups excluding carboxylic acids is 1. The highest BCUT2D eigenvalue weighted by Crippen LogP contribution is 2.26. The van der Waals surface area contributed by atoms with E-state index in [2.05, 4.69) is 26.7 Å². The summed E-state index contributed by atoms with van der Waals surface area (Å²) >= 11 is 5.83. The van der Waals surface area contributed by atoms with Crippen LogP contribution >= 0.6 is 11.6 Å². The quantitative estimate of drug-likeness (QED) is 0.436. The van der Waals surface area contributed by atoms with Crippen LogP contribution < -0.4 is 10.6 Å². The largest absolute Gasteiger partial charge is 0.444 e. The zero-order valence-corrected chi connectivity index (χ0v) is 20.1. The van der Waals surface area contributed by atoms with Crippen molar-refractivity contribution in [2.75, 3.05) is 11.9 Å². The number of halogens is 2. The van der Waals surface area contributed by atoms with Crippen LogP contribution in [0.15, 0.2) is 48.7 Å². The van der Waals surface area contributed by atoms with Gasteiger partial charge in [0.2, 0.25) is 5.95 Å². The van der Waals surface area contributed by atoms with Gasteiger partial charge in [-0.2, -0.15) is 5.26 Å². The molecule has 1 aromatic heterocycles. The second-order valence-electron chi connectivity index (χ2n) is 8.73. The lowest BCUT2D eigenvalue weighted by Crippen LogP contribution is -2.34. The molecule has 1 heterocycles. The Kier molecular flexibility index (Phi) is 7.69. The minimum absolute atomic E-state index is 0.0234. The Bertz CT molecular complexity index is 1220. The monoisotopic (exact) mass is 481 g/mol. The molecule has 3 rings (SSSR count). The Morgan fingerprint density at radius 2 is 1.94 bits per heavy atom. The zero-order chi connectivity index (χ0) is 24.9. The fraction of sp³-hybridized carbons (Fsp3) is 0.280. The average Bonchev–Trinajstić information content (AvgIpc) is 2.79. The maximum atomic E-state index is 13.4. The van der Waals surface area contributed by atoms with Gasteiger partial charge in [0.05, 0.1) is 22.5 Å². The van der Waals surface area contributed by atoms with E-state index in [1.54, 1.807) is 0 Å². The second kappa shape index (κ2) is 10.5. The Morgan fingerprint density at radius 3 is 2.56 bits per heavy atom. The summed E-state index contributed by atoms with van der Waals surface area (Å²) < 4.78 is 18.7. The van der Waals surface area contributed by atoms with Gasteiger partial charge < -0.3 is 15.4 Å². The standard InChI is InChI=1S/C25H25ClFN5O2/c1-15(13-30-24(33)34-25(2,3)4)16-5-7-17(8-6-16)22-18(12-28)14-29-23(32-22)31-19-9-10-21(27)20(26)11-19/h5-11,14-15H,13H2,1-4H3,(H,30,33)(H,29,31,32). The second-order valence-corrected chi connectivity index (χ2v) is 9.13. The number of amides is 1. The molecule has 2 aromatic carbocycles. The summed E-state index contributed by atoms with van der Waals surface area (Å²) in [6, 6.07) is 13.9. The minimum atomic E-state index is -0.554. The number of alkyl carbamates (subject to hydrolysis) is 1. The lowest BCUT2D eigenvalue weighted by atomic mass is 9.98. The third-order valence-electron chi connectivity index (χ3n) is 4.79. The first-order chi connectivity index (χ1) is 16.1.